The standard InChI is InChI=1S/C28H36N6O3/c1-3-14-34-27(36)25-26(33(28(34)37)15-13-22-11-7-8-12-23(22)29)30-24(20-21-9-5-4-6-10-21)32(25)17-16-31(2)18-19-35/h4-12,35H,3,13-20,29H2,1-2H3. The summed E-state index contributed by atoms with van der Waals surface area (Å²) in [5.74, 6) is 0.734. The first-order valence-electron chi connectivity index (χ1n) is 12.8. The topological polar surface area (TPSA) is 111 Å². The van der Waals surface area contributed by atoms with Crippen LogP contribution in [0.1, 0.15) is 30.3 Å². The molecule has 0 unspecified atom stereocenters. The molecule has 0 atom stereocenters. The summed E-state index contributed by atoms with van der Waals surface area (Å²) in [6, 6.07) is 17.6. The Labute approximate surface area is 216 Å². The van der Waals surface area contributed by atoms with Gasteiger partial charge in [-0.25, -0.2) is 9.78 Å². The van der Waals surface area contributed by atoms with E-state index in [1.807, 2.05) is 78.0 Å². The number of para-hydroxylation sites is 1. The number of benzene rings is 2. The minimum absolute atomic E-state index is 0.0590. The average molecular weight is 505 g/mol. The monoisotopic (exact) mass is 504 g/mol. The summed E-state index contributed by atoms with van der Waals surface area (Å²) in [6.45, 7) is 4.38. The molecule has 9 heteroatoms. The fraction of sp³-hybridized carbons (Fsp3) is 0.393. The van der Waals surface area contributed by atoms with Crippen LogP contribution in [0.5, 0.6) is 0 Å². The molecule has 3 N–H and O–H groups in total. The van der Waals surface area contributed by atoms with E-state index in [9.17, 15) is 14.7 Å². The van der Waals surface area contributed by atoms with Crippen molar-refractivity contribution in [3.8, 4) is 0 Å². The van der Waals surface area contributed by atoms with Crippen LogP contribution < -0.4 is 17.0 Å². The highest BCUT2D eigenvalue weighted by Crippen LogP contribution is 2.18. The lowest BCUT2D eigenvalue weighted by atomic mass is 10.1. The van der Waals surface area contributed by atoms with Crippen molar-refractivity contribution in [2.45, 2.75) is 45.8 Å². The van der Waals surface area contributed by atoms with Crippen molar-refractivity contribution in [2.24, 2.45) is 0 Å². The van der Waals surface area contributed by atoms with Gasteiger partial charge in [0.15, 0.2) is 11.2 Å². The summed E-state index contributed by atoms with van der Waals surface area (Å²) in [5.41, 5.74) is 9.05. The molecule has 0 fully saturated rings. The Bertz CT molecular complexity index is 1450. The van der Waals surface area contributed by atoms with Crippen LogP contribution in [0.2, 0.25) is 0 Å². The highest BCUT2D eigenvalue weighted by molar-refractivity contribution is 5.71. The smallest absolute Gasteiger partial charge is 0.332 e. The lowest BCUT2D eigenvalue weighted by Gasteiger charge is -2.17. The summed E-state index contributed by atoms with van der Waals surface area (Å²) in [6.07, 6.45) is 1.74. The van der Waals surface area contributed by atoms with Crippen LogP contribution in [0.4, 0.5) is 5.69 Å². The number of aromatic nitrogens is 4. The largest absolute Gasteiger partial charge is 0.399 e. The average Bonchev–Trinajstić information content (AvgIpc) is 3.24. The van der Waals surface area contributed by atoms with Crippen LogP contribution >= 0.6 is 0 Å². The van der Waals surface area contributed by atoms with Crippen molar-refractivity contribution in [1.29, 1.82) is 0 Å². The number of imidazole rings is 1. The Hall–Kier alpha value is -3.69. The van der Waals surface area contributed by atoms with Gasteiger partial charge in [0.25, 0.3) is 5.56 Å². The van der Waals surface area contributed by atoms with E-state index in [4.69, 9.17) is 10.7 Å². The second kappa shape index (κ2) is 12.0. The Balaban J connectivity index is 1.87. The number of aryl methyl sites for hydroxylation is 2. The Morgan fingerprint density at radius 3 is 2.35 bits per heavy atom. The molecule has 0 saturated heterocycles. The normalized spacial score (nSPS) is 11.6. The van der Waals surface area contributed by atoms with E-state index in [-0.39, 0.29) is 17.9 Å². The third kappa shape index (κ3) is 5.84. The lowest BCUT2D eigenvalue weighted by Crippen LogP contribution is -2.41. The second-order valence-electron chi connectivity index (χ2n) is 9.38. The molecule has 0 aliphatic heterocycles. The SMILES string of the molecule is CCCn1c(=O)c2c(nc(Cc3ccccc3)n2CCN(C)CCO)n(CCc2ccccc2N)c1=O. The predicted octanol–water partition coefficient (Wildman–Crippen LogP) is 2.11. The Kier molecular flexibility index (Phi) is 8.58. The van der Waals surface area contributed by atoms with Gasteiger partial charge in [-0.1, -0.05) is 55.5 Å². The molecule has 4 aromatic rings. The first-order valence-corrected chi connectivity index (χ1v) is 12.8. The van der Waals surface area contributed by atoms with Crippen molar-refractivity contribution in [3.05, 3.63) is 92.4 Å². The second-order valence-corrected chi connectivity index (χ2v) is 9.38. The lowest BCUT2D eigenvalue weighted by molar-refractivity contribution is 0.217. The molecule has 2 aromatic carbocycles. The molecular formula is C28H36N6O3. The van der Waals surface area contributed by atoms with Crippen LogP contribution in [0.25, 0.3) is 11.2 Å². The van der Waals surface area contributed by atoms with Crippen molar-refractivity contribution >= 4 is 16.9 Å². The van der Waals surface area contributed by atoms with E-state index in [2.05, 4.69) is 0 Å². The first-order chi connectivity index (χ1) is 17.9. The molecule has 0 aliphatic carbocycles. The van der Waals surface area contributed by atoms with E-state index < -0.39 is 0 Å². The van der Waals surface area contributed by atoms with Crippen molar-refractivity contribution < 1.29 is 5.11 Å². The molecule has 9 nitrogen and oxygen atoms in total. The molecule has 0 bridgehead atoms. The first kappa shape index (κ1) is 26.4. The Morgan fingerprint density at radius 2 is 1.65 bits per heavy atom. The molecule has 4 rings (SSSR count). The fourth-order valence-corrected chi connectivity index (χ4v) is 4.66. The minimum atomic E-state index is -0.345. The van der Waals surface area contributed by atoms with Crippen LogP contribution in [0, 0.1) is 0 Å². The number of likely N-dealkylation sites (N-methyl/N-ethyl adjacent to an activating group) is 1. The molecule has 0 spiro atoms. The van der Waals surface area contributed by atoms with Gasteiger partial charge >= 0.3 is 5.69 Å². The zero-order chi connectivity index (χ0) is 26.4. The molecular weight excluding hydrogens is 468 g/mol. The number of hydrogen-bond donors (Lipinski definition) is 2. The highest BCUT2D eigenvalue weighted by atomic mass is 16.3. The van der Waals surface area contributed by atoms with Gasteiger partial charge < -0.3 is 20.3 Å². The summed E-state index contributed by atoms with van der Waals surface area (Å²) in [7, 11) is 1.93. The maximum Gasteiger partial charge on any atom is 0.332 e. The maximum atomic E-state index is 13.7. The number of nitrogens with zero attached hydrogens (tertiary/aromatic N) is 5. The van der Waals surface area contributed by atoms with Crippen molar-refractivity contribution in [3.63, 3.8) is 0 Å². The van der Waals surface area contributed by atoms with E-state index in [0.29, 0.717) is 68.8 Å². The van der Waals surface area contributed by atoms with Gasteiger partial charge in [0, 0.05) is 44.8 Å². The molecule has 196 valence electrons. The highest BCUT2D eigenvalue weighted by Gasteiger charge is 2.22. The third-order valence-corrected chi connectivity index (χ3v) is 6.69. The van der Waals surface area contributed by atoms with E-state index in [0.717, 1.165) is 17.0 Å². The van der Waals surface area contributed by atoms with E-state index >= 15 is 0 Å². The van der Waals surface area contributed by atoms with Gasteiger partial charge in [0.1, 0.15) is 5.82 Å². The van der Waals surface area contributed by atoms with Gasteiger partial charge in [-0.3, -0.25) is 13.9 Å². The summed E-state index contributed by atoms with van der Waals surface area (Å²) < 4.78 is 4.91. The number of nitrogens with two attached hydrogens (primary N) is 1. The maximum absolute atomic E-state index is 13.7. The van der Waals surface area contributed by atoms with Crippen molar-refractivity contribution in [1.82, 2.24) is 23.6 Å². The molecule has 2 aromatic heterocycles. The zero-order valence-electron chi connectivity index (χ0n) is 21.6. The predicted molar refractivity (Wildman–Crippen MR) is 147 cm³/mol. The molecule has 2 heterocycles. The number of anilines is 1. The molecule has 0 aliphatic rings. The van der Waals surface area contributed by atoms with Crippen LogP contribution in [0.3, 0.4) is 0 Å². The Morgan fingerprint density at radius 1 is 0.919 bits per heavy atom. The minimum Gasteiger partial charge on any atom is -0.399 e. The van der Waals surface area contributed by atoms with Gasteiger partial charge in [-0.15, -0.1) is 0 Å². The number of aliphatic hydroxyl groups is 1. The summed E-state index contributed by atoms with van der Waals surface area (Å²) in [4.78, 5) is 34.1. The third-order valence-electron chi connectivity index (χ3n) is 6.69. The molecule has 37 heavy (non-hydrogen) atoms. The van der Waals surface area contributed by atoms with Crippen LogP contribution in [-0.4, -0.2) is 55.4 Å². The molecule has 0 radical (unpaired) electrons. The van der Waals surface area contributed by atoms with E-state index in [1.165, 1.54) is 4.57 Å². The number of aliphatic hydroxyl groups excluding tert-OH is 1. The van der Waals surface area contributed by atoms with Gasteiger partial charge in [-0.2, -0.15) is 0 Å². The number of fused-ring (bicyclic) bond motifs is 1. The molecule has 0 amide bonds. The van der Waals surface area contributed by atoms with Crippen LogP contribution in [0.15, 0.2) is 64.2 Å². The number of hydrogen-bond acceptors (Lipinski definition) is 6. The zero-order valence-corrected chi connectivity index (χ0v) is 21.6. The number of nitrogen functional groups attached to an aromatic ring is 1. The summed E-state index contributed by atoms with van der Waals surface area (Å²) in [5, 5.41) is 9.33. The van der Waals surface area contributed by atoms with Gasteiger partial charge in [0.2, 0.25) is 0 Å². The van der Waals surface area contributed by atoms with Gasteiger partial charge in [-0.05, 0) is 37.1 Å². The van der Waals surface area contributed by atoms with Gasteiger partial charge in [0.05, 0.1) is 6.61 Å². The quantitative estimate of drug-likeness (QED) is 0.286. The summed E-state index contributed by atoms with van der Waals surface area (Å²) >= 11 is 0. The van der Waals surface area contributed by atoms with Crippen molar-refractivity contribution in [2.75, 3.05) is 32.5 Å². The molecule has 0 saturated carbocycles. The fourth-order valence-electron chi connectivity index (χ4n) is 4.66. The van der Waals surface area contributed by atoms with E-state index in [1.54, 1.807) is 4.57 Å². The number of rotatable bonds is 12. The van der Waals surface area contributed by atoms with Crippen LogP contribution in [-0.2, 0) is 32.5 Å².